The van der Waals surface area contributed by atoms with Gasteiger partial charge < -0.3 is 5.32 Å². The summed E-state index contributed by atoms with van der Waals surface area (Å²) in [5, 5.41) is 13.6. The number of hydrogen-bond acceptors (Lipinski definition) is 6. The highest BCUT2D eigenvalue weighted by atomic mass is 16.2. The topological polar surface area (TPSA) is 129 Å². The number of azo groups is 1. The van der Waals surface area contributed by atoms with Gasteiger partial charge in [-0.05, 0) is 24.3 Å². The van der Waals surface area contributed by atoms with Crippen LogP contribution in [0.2, 0.25) is 0 Å². The Hall–Kier alpha value is -3.10. The monoisotopic (exact) mass is 289 g/mol. The fourth-order valence-corrected chi connectivity index (χ4v) is 1.56. The van der Waals surface area contributed by atoms with Gasteiger partial charge in [-0.15, -0.1) is 0 Å². The van der Waals surface area contributed by atoms with E-state index in [2.05, 4.69) is 15.5 Å². The summed E-state index contributed by atoms with van der Waals surface area (Å²) in [5.41, 5.74) is 0.801. The van der Waals surface area contributed by atoms with Gasteiger partial charge in [-0.25, -0.2) is 4.79 Å². The highest BCUT2D eigenvalue weighted by molar-refractivity contribution is 6.18. The normalized spacial score (nSPS) is 15.8. The second-order valence-electron chi connectivity index (χ2n) is 4.05. The van der Waals surface area contributed by atoms with E-state index in [1.54, 1.807) is 0 Å². The van der Waals surface area contributed by atoms with Crippen molar-refractivity contribution in [2.45, 2.75) is 6.04 Å². The summed E-state index contributed by atoms with van der Waals surface area (Å²) in [4.78, 5) is 45.0. The number of amides is 5. The number of barbiturate groups is 1. The molecule has 0 aliphatic carbocycles. The molecule has 0 saturated carbocycles. The summed E-state index contributed by atoms with van der Waals surface area (Å²) >= 11 is 0. The molecule has 1 aromatic rings. The lowest BCUT2D eigenvalue weighted by molar-refractivity contribution is -0.131. The largest absolute Gasteiger partial charge is 0.355 e. The van der Waals surface area contributed by atoms with Crippen LogP contribution >= 0.6 is 0 Å². The van der Waals surface area contributed by atoms with Crippen molar-refractivity contribution in [2.24, 2.45) is 10.2 Å². The van der Waals surface area contributed by atoms with Gasteiger partial charge in [0.05, 0.1) is 5.69 Å². The number of carbonyl (C=O) groups is 4. The van der Waals surface area contributed by atoms with Crippen molar-refractivity contribution in [1.82, 2.24) is 16.0 Å². The molecule has 1 aliphatic rings. The van der Waals surface area contributed by atoms with Crippen LogP contribution in [-0.2, 0) is 9.59 Å². The van der Waals surface area contributed by atoms with Gasteiger partial charge in [0.2, 0.25) is 6.04 Å². The van der Waals surface area contributed by atoms with Crippen molar-refractivity contribution in [3.05, 3.63) is 29.8 Å². The average molecular weight is 289 g/mol. The quantitative estimate of drug-likeness (QED) is 0.528. The fraction of sp³-hybridized carbons (Fsp3) is 0.167. The lowest BCUT2D eigenvalue weighted by Crippen LogP contribution is -2.57. The number of carbonyl (C=O) groups excluding carboxylic acids is 4. The number of imide groups is 2. The summed E-state index contributed by atoms with van der Waals surface area (Å²) in [5.74, 6) is -1.92. The third kappa shape index (κ3) is 3.26. The van der Waals surface area contributed by atoms with Gasteiger partial charge in [0.25, 0.3) is 17.7 Å². The Labute approximate surface area is 118 Å². The maximum absolute atomic E-state index is 11.4. The van der Waals surface area contributed by atoms with Crippen molar-refractivity contribution >= 4 is 29.4 Å². The summed E-state index contributed by atoms with van der Waals surface area (Å²) in [6.07, 6.45) is 0. The van der Waals surface area contributed by atoms with Gasteiger partial charge in [-0.2, -0.15) is 10.2 Å². The van der Waals surface area contributed by atoms with E-state index >= 15 is 0 Å². The van der Waals surface area contributed by atoms with Crippen LogP contribution in [0.4, 0.5) is 10.5 Å². The molecule has 108 valence electrons. The van der Waals surface area contributed by atoms with Gasteiger partial charge in [-0.3, -0.25) is 25.0 Å². The second kappa shape index (κ2) is 5.90. The molecule has 0 bridgehead atoms. The van der Waals surface area contributed by atoms with Crippen molar-refractivity contribution in [3.8, 4) is 0 Å². The summed E-state index contributed by atoms with van der Waals surface area (Å²) in [6, 6.07) is 3.78. The van der Waals surface area contributed by atoms with Gasteiger partial charge in [0.15, 0.2) is 0 Å². The molecular formula is C12H11N5O4. The highest BCUT2D eigenvalue weighted by Gasteiger charge is 2.34. The number of hydrogen-bond donors (Lipinski definition) is 3. The molecule has 1 aliphatic heterocycles. The lowest BCUT2D eigenvalue weighted by atomic mass is 10.2. The number of benzene rings is 1. The molecule has 1 saturated heterocycles. The molecule has 5 amide bonds. The first-order valence-corrected chi connectivity index (χ1v) is 5.90. The zero-order chi connectivity index (χ0) is 15.4. The Bertz CT molecular complexity index is 618. The van der Waals surface area contributed by atoms with Crippen LogP contribution in [0, 0.1) is 0 Å². The molecule has 0 aromatic heterocycles. The van der Waals surface area contributed by atoms with E-state index in [0.717, 1.165) is 0 Å². The van der Waals surface area contributed by atoms with E-state index in [1.807, 2.05) is 10.6 Å². The smallest absolute Gasteiger partial charge is 0.328 e. The van der Waals surface area contributed by atoms with Crippen LogP contribution in [0.25, 0.3) is 0 Å². The van der Waals surface area contributed by atoms with Gasteiger partial charge >= 0.3 is 6.03 Å². The first kappa shape index (κ1) is 14.3. The van der Waals surface area contributed by atoms with Crippen LogP contribution in [0.15, 0.2) is 34.5 Å². The molecule has 0 unspecified atom stereocenters. The maximum atomic E-state index is 11.4. The first-order valence-electron chi connectivity index (χ1n) is 5.90. The Kier molecular flexibility index (Phi) is 4.02. The molecule has 21 heavy (non-hydrogen) atoms. The Morgan fingerprint density at radius 3 is 2.19 bits per heavy atom. The van der Waals surface area contributed by atoms with Crippen LogP contribution in [0.3, 0.4) is 0 Å². The van der Waals surface area contributed by atoms with Gasteiger partial charge in [0, 0.05) is 12.6 Å². The summed E-state index contributed by atoms with van der Waals surface area (Å²) in [6.45, 7) is 0. The molecule has 3 N–H and O–H groups in total. The Morgan fingerprint density at radius 1 is 1.10 bits per heavy atom. The fourth-order valence-electron chi connectivity index (χ4n) is 1.56. The van der Waals surface area contributed by atoms with E-state index in [9.17, 15) is 19.2 Å². The van der Waals surface area contributed by atoms with E-state index in [0.29, 0.717) is 11.3 Å². The Balaban J connectivity index is 2.10. The predicted octanol–water partition coefficient (Wildman–Crippen LogP) is -0.136. The summed E-state index contributed by atoms with van der Waals surface area (Å²) < 4.78 is 0. The van der Waals surface area contributed by atoms with Gasteiger partial charge in [0.1, 0.15) is 0 Å². The molecule has 0 atom stereocenters. The Morgan fingerprint density at radius 2 is 1.67 bits per heavy atom. The molecule has 9 heteroatoms. The van der Waals surface area contributed by atoms with E-state index < -0.39 is 23.9 Å². The van der Waals surface area contributed by atoms with Crippen molar-refractivity contribution in [3.63, 3.8) is 0 Å². The van der Waals surface area contributed by atoms with E-state index in [-0.39, 0.29) is 5.91 Å². The lowest BCUT2D eigenvalue weighted by Gasteiger charge is -2.16. The number of rotatable bonds is 3. The number of nitrogens with one attached hydrogen (secondary N) is 3. The molecule has 1 aromatic carbocycles. The molecule has 0 radical (unpaired) electrons. The molecule has 0 spiro atoms. The average Bonchev–Trinajstić information content (AvgIpc) is 2.46. The van der Waals surface area contributed by atoms with Crippen LogP contribution < -0.4 is 16.0 Å². The first-order chi connectivity index (χ1) is 10.0. The standard InChI is InChI=1S/C12H11N5O4/c1-13-9(18)6-2-4-7(5-3-6)16-17-8-10(19)14-12(21)15-11(8)20/h2-5,8H,1H3,(H,13,18)(H2,14,15,19,20,21). The van der Waals surface area contributed by atoms with Gasteiger partial charge in [-0.1, -0.05) is 0 Å². The molecule has 1 heterocycles. The molecular weight excluding hydrogens is 278 g/mol. The van der Waals surface area contributed by atoms with Crippen molar-refractivity contribution in [1.29, 1.82) is 0 Å². The minimum absolute atomic E-state index is 0.247. The third-order valence-electron chi connectivity index (χ3n) is 2.62. The second-order valence-corrected chi connectivity index (χ2v) is 4.05. The number of nitrogens with zero attached hydrogens (tertiary/aromatic N) is 2. The third-order valence-corrected chi connectivity index (χ3v) is 2.62. The zero-order valence-electron chi connectivity index (χ0n) is 10.9. The van der Waals surface area contributed by atoms with Crippen molar-refractivity contribution in [2.75, 3.05) is 7.05 Å². The molecule has 1 fully saturated rings. The van der Waals surface area contributed by atoms with Crippen LogP contribution in [0.5, 0.6) is 0 Å². The number of urea groups is 1. The van der Waals surface area contributed by atoms with E-state index in [1.165, 1.54) is 31.3 Å². The molecule has 9 nitrogen and oxygen atoms in total. The minimum Gasteiger partial charge on any atom is -0.355 e. The summed E-state index contributed by atoms with van der Waals surface area (Å²) in [7, 11) is 1.51. The van der Waals surface area contributed by atoms with Crippen LogP contribution in [0.1, 0.15) is 10.4 Å². The van der Waals surface area contributed by atoms with Crippen LogP contribution in [-0.4, -0.2) is 36.8 Å². The van der Waals surface area contributed by atoms with Crippen molar-refractivity contribution < 1.29 is 19.2 Å². The minimum atomic E-state index is -1.42. The zero-order valence-corrected chi connectivity index (χ0v) is 10.9. The SMILES string of the molecule is CNC(=O)c1ccc(N=NC2C(=O)NC(=O)NC2=O)cc1. The molecule has 2 rings (SSSR count). The highest BCUT2D eigenvalue weighted by Crippen LogP contribution is 2.14. The van der Waals surface area contributed by atoms with E-state index in [4.69, 9.17) is 0 Å². The predicted molar refractivity (Wildman–Crippen MR) is 69.8 cm³/mol. The maximum Gasteiger partial charge on any atom is 0.328 e.